The number of hydrogen-bond donors (Lipinski definition) is 2. The zero-order chi connectivity index (χ0) is 24.9. The Morgan fingerprint density at radius 3 is 2.40 bits per heavy atom. The number of benzene rings is 1. The van der Waals surface area contributed by atoms with Crippen LogP contribution in [-0.4, -0.2) is 36.8 Å². The highest BCUT2D eigenvalue weighted by Crippen LogP contribution is 2.28. The Morgan fingerprint density at radius 1 is 1.06 bits per heavy atom. The minimum absolute atomic E-state index is 0.161. The second-order valence-electron chi connectivity index (χ2n) is 9.67. The molecule has 35 heavy (non-hydrogen) atoms. The Kier molecular flexibility index (Phi) is 5.96. The van der Waals surface area contributed by atoms with Crippen molar-refractivity contribution in [2.24, 2.45) is 0 Å². The average molecular weight is 479 g/mol. The standard InChI is InChI=1S/C26H28F2N6O/c1-13-5-22(17-8-19(27)11-20(28)9-17)29-12-18(13)10-23-31-25-24(26(35)32-23)16(4)33-34(25)21-6-14(2)30-15(3)7-21/h5,8-9,11-12,14-15,21,30H,6-7,10H2,1-4H3,(H,31,32,35)/t14-,15+,21?. The Bertz CT molecular complexity index is 1450. The van der Waals surface area contributed by atoms with E-state index in [4.69, 9.17) is 10.1 Å². The van der Waals surface area contributed by atoms with E-state index in [0.29, 0.717) is 52.3 Å². The van der Waals surface area contributed by atoms with Crippen LogP contribution in [0.4, 0.5) is 8.78 Å². The Hall–Kier alpha value is -3.46. The third kappa shape index (κ3) is 4.60. The number of pyridine rings is 1. The lowest BCUT2D eigenvalue weighted by molar-refractivity contribution is 0.253. The highest BCUT2D eigenvalue weighted by Gasteiger charge is 2.28. The van der Waals surface area contributed by atoms with Gasteiger partial charge in [-0.1, -0.05) is 0 Å². The van der Waals surface area contributed by atoms with Gasteiger partial charge >= 0.3 is 0 Å². The van der Waals surface area contributed by atoms with Crippen LogP contribution in [0.3, 0.4) is 0 Å². The fraction of sp³-hybridized carbons (Fsp3) is 0.385. The van der Waals surface area contributed by atoms with Crippen molar-refractivity contribution in [2.75, 3.05) is 0 Å². The molecule has 0 bridgehead atoms. The molecule has 1 aromatic carbocycles. The first-order valence-electron chi connectivity index (χ1n) is 11.8. The highest BCUT2D eigenvalue weighted by molar-refractivity contribution is 5.77. The Balaban J connectivity index is 1.49. The molecule has 1 aliphatic heterocycles. The van der Waals surface area contributed by atoms with Gasteiger partial charge in [0.15, 0.2) is 5.65 Å². The molecule has 0 spiro atoms. The molecule has 4 heterocycles. The number of aryl methyl sites for hydroxylation is 2. The predicted octanol–water partition coefficient (Wildman–Crippen LogP) is 4.37. The third-order valence-electron chi connectivity index (χ3n) is 6.69. The van der Waals surface area contributed by atoms with E-state index >= 15 is 0 Å². The van der Waals surface area contributed by atoms with Gasteiger partial charge in [0, 0.05) is 36.3 Å². The van der Waals surface area contributed by atoms with E-state index in [1.807, 2.05) is 18.5 Å². The van der Waals surface area contributed by atoms with Gasteiger partial charge in [-0.25, -0.2) is 18.4 Å². The maximum absolute atomic E-state index is 13.6. The lowest BCUT2D eigenvalue weighted by Crippen LogP contribution is -2.43. The zero-order valence-corrected chi connectivity index (χ0v) is 20.2. The molecule has 0 saturated carbocycles. The third-order valence-corrected chi connectivity index (χ3v) is 6.69. The number of nitrogens with one attached hydrogen (secondary N) is 2. The molecule has 1 aliphatic rings. The van der Waals surface area contributed by atoms with Gasteiger partial charge in [-0.2, -0.15) is 5.10 Å². The van der Waals surface area contributed by atoms with E-state index in [1.165, 1.54) is 12.1 Å². The number of nitrogens with zero attached hydrogens (tertiary/aromatic N) is 4. The smallest absolute Gasteiger partial charge is 0.262 e. The van der Waals surface area contributed by atoms with Crippen LogP contribution in [0.1, 0.15) is 55.4 Å². The summed E-state index contributed by atoms with van der Waals surface area (Å²) < 4.78 is 29.2. The quantitative estimate of drug-likeness (QED) is 0.455. The van der Waals surface area contributed by atoms with Crippen LogP contribution in [0.2, 0.25) is 0 Å². The van der Waals surface area contributed by atoms with E-state index in [9.17, 15) is 13.6 Å². The molecule has 1 fully saturated rings. The molecule has 1 unspecified atom stereocenters. The van der Waals surface area contributed by atoms with E-state index in [0.717, 1.165) is 30.0 Å². The van der Waals surface area contributed by atoms with Crippen molar-refractivity contribution >= 4 is 11.0 Å². The minimum Gasteiger partial charge on any atom is -0.312 e. The first-order chi connectivity index (χ1) is 16.7. The van der Waals surface area contributed by atoms with Gasteiger partial charge in [-0.3, -0.25) is 9.78 Å². The first-order valence-corrected chi connectivity index (χ1v) is 11.8. The summed E-state index contributed by atoms with van der Waals surface area (Å²) in [7, 11) is 0. The summed E-state index contributed by atoms with van der Waals surface area (Å²) in [5.74, 6) is -0.778. The topological polar surface area (TPSA) is 88.5 Å². The van der Waals surface area contributed by atoms with Crippen molar-refractivity contribution in [1.82, 2.24) is 30.0 Å². The number of piperidine rings is 1. The van der Waals surface area contributed by atoms with Crippen molar-refractivity contribution < 1.29 is 8.78 Å². The van der Waals surface area contributed by atoms with Crippen molar-refractivity contribution in [3.63, 3.8) is 0 Å². The first kappa shape index (κ1) is 23.3. The van der Waals surface area contributed by atoms with Gasteiger partial charge in [0.25, 0.3) is 5.56 Å². The largest absolute Gasteiger partial charge is 0.312 e. The van der Waals surface area contributed by atoms with Gasteiger partial charge in [0.1, 0.15) is 22.8 Å². The Labute approximate surface area is 201 Å². The molecular weight excluding hydrogens is 450 g/mol. The van der Waals surface area contributed by atoms with Gasteiger partial charge < -0.3 is 10.3 Å². The van der Waals surface area contributed by atoms with Gasteiger partial charge in [-0.05, 0) is 69.9 Å². The monoisotopic (exact) mass is 478 g/mol. The molecule has 4 aromatic rings. The maximum Gasteiger partial charge on any atom is 0.262 e. The summed E-state index contributed by atoms with van der Waals surface area (Å²) in [6.07, 6.45) is 3.85. The van der Waals surface area contributed by atoms with Crippen LogP contribution in [0.5, 0.6) is 0 Å². The summed E-state index contributed by atoms with van der Waals surface area (Å²) in [6.45, 7) is 8.06. The summed E-state index contributed by atoms with van der Waals surface area (Å²) in [5, 5.41) is 8.76. The van der Waals surface area contributed by atoms with Crippen LogP contribution >= 0.6 is 0 Å². The molecule has 0 amide bonds. The van der Waals surface area contributed by atoms with E-state index in [1.54, 1.807) is 12.3 Å². The molecule has 1 saturated heterocycles. The maximum atomic E-state index is 13.6. The number of hydrogen-bond acceptors (Lipinski definition) is 5. The molecule has 2 N–H and O–H groups in total. The number of aromatic nitrogens is 5. The number of fused-ring (bicyclic) bond motifs is 1. The SMILES string of the molecule is Cc1cc(-c2cc(F)cc(F)c2)ncc1Cc1nc2c(c(C)nn2C2C[C@@H](C)N[C@@H](C)C2)c(=O)[nH]1. The molecule has 0 radical (unpaired) electrons. The zero-order valence-electron chi connectivity index (χ0n) is 20.2. The van der Waals surface area contributed by atoms with E-state index in [2.05, 4.69) is 29.1 Å². The number of aromatic amines is 1. The molecule has 5 rings (SSSR count). The van der Waals surface area contributed by atoms with E-state index < -0.39 is 11.6 Å². The van der Waals surface area contributed by atoms with Crippen LogP contribution in [-0.2, 0) is 6.42 Å². The minimum atomic E-state index is -0.650. The number of H-pyrrole nitrogens is 1. The molecule has 7 nitrogen and oxygen atoms in total. The van der Waals surface area contributed by atoms with Crippen LogP contribution in [0.25, 0.3) is 22.3 Å². The van der Waals surface area contributed by atoms with Crippen LogP contribution in [0.15, 0.2) is 35.3 Å². The summed E-state index contributed by atoms with van der Waals surface area (Å²) in [4.78, 5) is 25.1. The predicted molar refractivity (Wildman–Crippen MR) is 130 cm³/mol. The lowest BCUT2D eigenvalue weighted by Gasteiger charge is -2.33. The molecule has 182 valence electrons. The molecule has 3 atom stereocenters. The van der Waals surface area contributed by atoms with Gasteiger partial charge in [-0.15, -0.1) is 0 Å². The lowest BCUT2D eigenvalue weighted by atomic mass is 9.95. The molecular formula is C26H28F2N6O. The van der Waals surface area contributed by atoms with Gasteiger partial charge in [0.2, 0.25) is 0 Å². The average Bonchev–Trinajstić information content (AvgIpc) is 3.10. The molecule has 0 aliphatic carbocycles. The summed E-state index contributed by atoms with van der Waals surface area (Å²) in [5.41, 5.74) is 3.65. The van der Waals surface area contributed by atoms with Crippen molar-refractivity contribution in [2.45, 2.75) is 65.1 Å². The van der Waals surface area contributed by atoms with Gasteiger partial charge in [0.05, 0.1) is 17.4 Å². The highest BCUT2D eigenvalue weighted by atomic mass is 19.1. The van der Waals surface area contributed by atoms with Crippen molar-refractivity contribution in [3.05, 3.63) is 75.1 Å². The fourth-order valence-electron chi connectivity index (χ4n) is 5.14. The number of halogens is 2. The fourth-order valence-corrected chi connectivity index (χ4v) is 5.14. The molecule has 3 aromatic heterocycles. The Morgan fingerprint density at radius 2 is 1.74 bits per heavy atom. The van der Waals surface area contributed by atoms with E-state index in [-0.39, 0.29) is 11.6 Å². The van der Waals surface area contributed by atoms with Crippen molar-refractivity contribution in [1.29, 1.82) is 0 Å². The second kappa shape index (κ2) is 8.96. The van der Waals surface area contributed by atoms with Crippen LogP contribution < -0.4 is 10.9 Å². The molecule has 9 heteroatoms. The summed E-state index contributed by atoms with van der Waals surface area (Å²) in [6, 6.07) is 5.99. The summed E-state index contributed by atoms with van der Waals surface area (Å²) >= 11 is 0. The van der Waals surface area contributed by atoms with Crippen molar-refractivity contribution in [3.8, 4) is 11.3 Å². The number of rotatable bonds is 4. The van der Waals surface area contributed by atoms with Crippen LogP contribution in [0, 0.1) is 25.5 Å². The normalized spacial score (nSPS) is 20.5. The second-order valence-corrected chi connectivity index (χ2v) is 9.67.